The fourth-order valence-corrected chi connectivity index (χ4v) is 3.78. The van der Waals surface area contributed by atoms with Gasteiger partial charge in [-0.25, -0.2) is 4.79 Å². The molecule has 0 bridgehead atoms. The van der Waals surface area contributed by atoms with Gasteiger partial charge in [0.2, 0.25) is 0 Å². The largest absolute Gasteiger partial charge is 0.378 e. The lowest BCUT2D eigenvalue weighted by Gasteiger charge is -2.58. The summed E-state index contributed by atoms with van der Waals surface area (Å²) in [6.07, 6.45) is 8.08. The number of nitrogens with one attached hydrogen (secondary N) is 2. The molecule has 5 heteroatoms. The number of ether oxygens (including phenoxy) is 1. The van der Waals surface area contributed by atoms with Crippen LogP contribution in [-0.2, 0) is 4.74 Å². The van der Waals surface area contributed by atoms with E-state index < -0.39 is 6.03 Å². The van der Waals surface area contributed by atoms with Gasteiger partial charge in [0.05, 0.1) is 6.10 Å². The zero-order valence-electron chi connectivity index (χ0n) is 11.9. The van der Waals surface area contributed by atoms with Crippen LogP contribution in [0, 0.1) is 5.41 Å². The summed E-state index contributed by atoms with van der Waals surface area (Å²) in [7, 11) is 0. The first-order valence-electron chi connectivity index (χ1n) is 7.57. The number of rotatable bonds is 6. The second-order valence-electron chi connectivity index (χ2n) is 5.77. The maximum absolute atomic E-state index is 10.6. The first-order valence-corrected chi connectivity index (χ1v) is 7.57. The Morgan fingerprint density at radius 2 is 2.05 bits per heavy atom. The second kappa shape index (κ2) is 6.57. The number of hydrogen-bond donors (Lipinski definition) is 3. The van der Waals surface area contributed by atoms with E-state index in [9.17, 15) is 4.79 Å². The van der Waals surface area contributed by atoms with E-state index in [0.29, 0.717) is 24.1 Å². The molecule has 2 fully saturated rings. The van der Waals surface area contributed by atoms with Gasteiger partial charge >= 0.3 is 6.03 Å². The summed E-state index contributed by atoms with van der Waals surface area (Å²) in [5.41, 5.74) is 5.40. The molecule has 2 rings (SSSR count). The van der Waals surface area contributed by atoms with Crippen LogP contribution in [0.1, 0.15) is 45.4 Å². The summed E-state index contributed by atoms with van der Waals surface area (Å²) in [4.78, 5) is 10.6. The van der Waals surface area contributed by atoms with Crippen LogP contribution in [0.15, 0.2) is 0 Å². The van der Waals surface area contributed by atoms with Gasteiger partial charge in [-0.15, -0.1) is 0 Å². The van der Waals surface area contributed by atoms with Crippen LogP contribution in [0.5, 0.6) is 0 Å². The number of carbonyl (C=O) groups excluding carboxylic acids is 1. The van der Waals surface area contributed by atoms with Crippen molar-refractivity contribution in [3.8, 4) is 0 Å². The predicted molar refractivity (Wildman–Crippen MR) is 74.9 cm³/mol. The molecule has 2 aliphatic carbocycles. The van der Waals surface area contributed by atoms with Gasteiger partial charge in [0.25, 0.3) is 0 Å². The molecule has 2 unspecified atom stereocenters. The van der Waals surface area contributed by atoms with Gasteiger partial charge in [0.1, 0.15) is 0 Å². The van der Waals surface area contributed by atoms with Crippen LogP contribution in [0.2, 0.25) is 0 Å². The Morgan fingerprint density at radius 1 is 1.32 bits per heavy atom. The molecule has 2 amide bonds. The minimum atomic E-state index is -0.449. The van der Waals surface area contributed by atoms with Gasteiger partial charge < -0.3 is 21.1 Å². The molecular formula is C14H27N3O2. The van der Waals surface area contributed by atoms with Crippen LogP contribution in [0.25, 0.3) is 0 Å². The fraction of sp³-hybridized carbons (Fsp3) is 0.929. The van der Waals surface area contributed by atoms with Crippen LogP contribution >= 0.6 is 0 Å². The zero-order chi connectivity index (χ0) is 13.7. The average molecular weight is 269 g/mol. The highest BCUT2D eigenvalue weighted by molar-refractivity contribution is 5.71. The number of hydrogen-bond acceptors (Lipinski definition) is 3. The molecule has 2 saturated carbocycles. The SMILES string of the molecule is CCOC1CC(NCCNC(N)=O)C12CCCCC2. The van der Waals surface area contributed by atoms with Crippen molar-refractivity contribution in [3.05, 3.63) is 0 Å². The molecule has 2 atom stereocenters. The topological polar surface area (TPSA) is 76.4 Å². The highest BCUT2D eigenvalue weighted by Crippen LogP contribution is 2.53. The number of amides is 2. The van der Waals surface area contributed by atoms with E-state index in [-0.39, 0.29) is 0 Å². The fourth-order valence-electron chi connectivity index (χ4n) is 3.78. The van der Waals surface area contributed by atoms with Crippen molar-refractivity contribution in [1.82, 2.24) is 10.6 Å². The van der Waals surface area contributed by atoms with E-state index in [0.717, 1.165) is 19.6 Å². The van der Waals surface area contributed by atoms with Gasteiger partial charge in [-0.1, -0.05) is 19.3 Å². The minimum absolute atomic E-state index is 0.348. The summed E-state index contributed by atoms with van der Waals surface area (Å²) < 4.78 is 5.92. The third-order valence-electron chi connectivity index (χ3n) is 4.75. The molecule has 0 aromatic rings. The van der Waals surface area contributed by atoms with E-state index in [2.05, 4.69) is 17.6 Å². The maximum Gasteiger partial charge on any atom is 0.312 e. The number of primary amides is 1. The lowest BCUT2D eigenvalue weighted by Crippen LogP contribution is -2.65. The minimum Gasteiger partial charge on any atom is -0.378 e. The highest BCUT2D eigenvalue weighted by atomic mass is 16.5. The van der Waals surface area contributed by atoms with Crippen molar-refractivity contribution in [3.63, 3.8) is 0 Å². The van der Waals surface area contributed by atoms with Crippen LogP contribution in [0.4, 0.5) is 4.79 Å². The molecule has 0 aromatic heterocycles. The zero-order valence-corrected chi connectivity index (χ0v) is 11.9. The molecule has 2 aliphatic rings. The Labute approximate surface area is 115 Å². The van der Waals surface area contributed by atoms with E-state index in [1.54, 1.807) is 0 Å². The second-order valence-corrected chi connectivity index (χ2v) is 5.77. The number of urea groups is 1. The normalized spacial score (nSPS) is 28.9. The summed E-state index contributed by atoms with van der Waals surface area (Å²) in [6, 6.07) is 0.0917. The van der Waals surface area contributed by atoms with E-state index >= 15 is 0 Å². The standard InChI is InChI=1S/C14H27N3O2/c1-2-19-12-10-11(16-8-9-17-13(15)18)14(12)6-4-3-5-7-14/h11-12,16H,2-10H2,1H3,(H3,15,17,18). The summed E-state index contributed by atoms with van der Waals surface area (Å²) in [5.74, 6) is 0. The molecule has 0 heterocycles. The van der Waals surface area contributed by atoms with Crippen molar-refractivity contribution >= 4 is 6.03 Å². The van der Waals surface area contributed by atoms with Crippen LogP contribution in [-0.4, -0.2) is 37.9 Å². The molecule has 4 N–H and O–H groups in total. The molecule has 19 heavy (non-hydrogen) atoms. The Kier molecular flexibility index (Phi) is 5.05. The van der Waals surface area contributed by atoms with Crippen molar-refractivity contribution in [2.45, 2.75) is 57.6 Å². The summed E-state index contributed by atoms with van der Waals surface area (Å²) in [6.45, 7) is 4.27. The van der Waals surface area contributed by atoms with Gasteiger partial charge in [-0.2, -0.15) is 0 Å². The van der Waals surface area contributed by atoms with Crippen LogP contribution in [0.3, 0.4) is 0 Å². The van der Waals surface area contributed by atoms with E-state index in [4.69, 9.17) is 10.5 Å². The smallest absolute Gasteiger partial charge is 0.312 e. The lowest BCUT2D eigenvalue weighted by atomic mass is 9.55. The average Bonchev–Trinajstić information content (AvgIpc) is 2.41. The van der Waals surface area contributed by atoms with Crippen molar-refractivity contribution in [2.75, 3.05) is 19.7 Å². The van der Waals surface area contributed by atoms with Gasteiger partial charge in [-0.05, 0) is 26.2 Å². The molecule has 110 valence electrons. The first-order chi connectivity index (χ1) is 9.19. The molecule has 0 saturated heterocycles. The highest BCUT2D eigenvalue weighted by Gasteiger charge is 2.55. The third kappa shape index (κ3) is 3.20. The maximum atomic E-state index is 10.6. The lowest BCUT2D eigenvalue weighted by molar-refractivity contribution is -0.149. The third-order valence-corrected chi connectivity index (χ3v) is 4.75. The Hall–Kier alpha value is -0.810. The molecule has 0 aromatic carbocycles. The van der Waals surface area contributed by atoms with Crippen molar-refractivity contribution < 1.29 is 9.53 Å². The van der Waals surface area contributed by atoms with Crippen LogP contribution < -0.4 is 16.4 Å². The monoisotopic (exact) mass is 269 g/mol. The van der Waals surface area contributed by atoms with Crippen molar-refractivity contribution in [2.24, 2.45) is 11.1 Å². The van der Waals surface area contributed by atoms with E-state index in [1.807, 2.05) is 0 Å². The summed E-state index contributed by atoms with van der Waals surface area (Å²) >= 11 is 0. The number of carbonyl (C=O) groups is 1. The predicted octanol–water partition coefficient (Wildman–Crippen LogP) is 1.37. The molecule has 1 spiro atoms. The Bertz CT molecular complexity index is 303. The van der Waals surface area contributed by atoms with Gasteiger partial charge in [0.15, 0.2) is 0 Å². The first kappa shape index (κ1) is 14.6. The molecule has 5 nitrogen and oxygen atoms in total. The van der Waals surface area contributed by atoms with Gasteiger partial charge in [0, 0.05) is 31.2 Å². The molecule has 0 aliphatic heterocycles. The number of nitrogens with two attached hydrogens (primary N) is 1. The van der Waals surface area contributed by atoms with Crippen molar-refractivity contribution in [1.29, 1.82) is 0 Å². The molecule has 0 radical (unpaired) electrons. The van der Waals surface area contributed by atoms with E-state index in [1.165, 1.54) is 32.1 Å². The Morgan fingerprint density at radius 3 is 2.68 bits per heavy atom. The molecular weight excluding hydrogens is 242 g/mol. The Balaban J connectivity index is 1.81. The van der Waals surface area contributed by atoms with Gasteiger partial charge in [-0.3, -0.25) is 0 Å². The quantitative estimate of drug-likeness (QED) is 0.637. The summed E-state index contributed by atoms with van der Waals surface area (Å²) in [5, 5.41) is 6.20.